The Morgan fingerprint density at radius 2 is 1.56 bits per heavy atom. The SMILES string of the molecule is CC(C)COC(C)(C)CCNC(=O)CCOCCOCCOCCO. The Hall–Kier alpha value is -0.730. The zero-order valence-corrected chi connectivity index (χ0v) is 16.3. The second-order valence-electron chi connectivity index (χ2n) is 6.88. The lowest BCUT2D eigenvalue weighted by molar-refractivity contribution is -0.122. The average molecular weight is 363 g/mol. The van der Waals surface area contributed by atoms with Crippen LogP contribution in [-0.4, -0.2) is 76.0 Å². The van der Waals surface area contributed by atoms with Crippen LogP contribution in [0.15, 0.2) is 0 Å². The Kier molecular flexibility index (Phi) is 15.1. The van der Waals surface area contributed by atoms with E-state index in [2.05, 4.69) is 19.2 Å². The molecule has 25 heavy (non-hydrogen) atoms. The summed E-state index contributed by atoms with van der Waals surface area (Å²) >= 11 is 0. The summed E-state index contributed by atoms with van der Waals surface area (Å²) in [5.41, 5.74) is -0.230. The third kappa shape index (κ3) is 17.9. The summed E-state index contributed by atoms with van der Waals surface area (Å²) in [4.78, 5) is 11.7. The van der Waals surface area contributed by atoms with E-state index >= 15 is 0 Å². The number of aliphatic hydroxyl groups excluding tert-OH is 1. The van der Waals surface area contributed by atoms with Gasteiger partial charge in [0.15, 0.2) is 0 Å². The second-order valence-corrected chi connectivity index (χ2v) is 6.88. The molecule has 0 aromatic rings. The molecular formula is C18H37NO6. The third-order valence-electron chi connectivity index (χ3n) is 3.31. The largest absolute Gasteiger partial charge is 0.394 e. The van der Waals surface area contributed by atoms with E-state index in [9.17, 15) is 4.79 Å². The smallest absolute Gasteiger partial charge is 0.222 e. The maximum atomic E-state index is 11.7. The summed E-state index contributed by atoms with van der Waals surface area (Å²) < 4.78 is 21.5. The van der Waals surface area contributed by atoms with Crippen LogP contribution >= 0.6 is 0 Å². The molecule has 0 aliphatic heterocycles. The summed E-state index contributed by atoms with van der Waals surface area (Å²) in [6, 6.07) is 0. The van der Waals surface area contributed by atoms with Crippen molar-refractivity contribution in [2.45, 2.75) is 46.1 Å². The van der Waals surface area contributed by atoms with Crippen LogP contribution < -0.4 is 5.32 Å². The number of aliphatic hydroxyl groups is 1. The van der Waals surface area contributed by atoms with Crippen molar-refractivity contribution < 1.29 is 28.8 Å². The average Bonchev–Trinajstić information content (AvgIpc) is 2.54. The molecule has 1 amide bonds. The fraction of sp³-hybridized carbons (Fsp3) is 0.944. The quantitative estimate of drug-likeness (QED) is 0.380. The molecule has 7 nitrogen and oxygen atoms in total. The minimum Gasteiger partial charge on any atom is -0.394 e. The minimum absolute atomic E-state index is 0.0158. The van der Waals surface area contributed by atoms with E-state index in [-0.39, 0.29) is 18.1 Å². The van der Waals surface area contributed by atoms with Crippen LogP contribution in [0.2, 0.25) is 0 Å². The van der Waals surface area contributed by atoms with E-state index < -0.39 is 0 Å². The molecule has 0 radical (unpaired) electrons. The summed E-state index contributed by atoms with van der Waals surface area (Å²) in [5.74, 6) is 0.487. The van der Waals surface area contributed by atoms with Crippen molar-refractivity contribution in [2.24, 2.45) is 5.92 Å². The lowest BCUT2D eigenvalue weighted by atomic mass is 10.0. The number of amides is 1. The molecular weight excluding hydrogens is 326 g/mol. The molecule has 0 aromatic carbocycles. The fourth-order valence-corrected chi connectivity index (χ4v) is 1.83. The molecule has 0 aromatic heterocycles. The van der Waals surface area contributed by atoms with Crippen LogP contribution in [0.1, 0.15) is 40.5 Å². The summed E-state index contributed by atoms with van der Waals surface area (Å²) in [7, 11) is 0. The third-order valence-corrected chi connectivity index (χ3v) is 3.31. The van der Waals surface area contributed by atoms with Gasteiger partial charge in [-0.15, -0.1) is 0 Å². The van der Waals surface area contributed by atoms with Crippen molar-refractivity contribution in [3.8, 4) is 0 Å². The van der Waals surface area contributed by atoms with Crippen molar-refractivity contribution in [3.63, 3.8) is 0 Å². The van der Waals surface area contributed by atoms with E-state index in [4.69, 9.17) is 24.1 Å². The monoisotopic (exact) mass is 363 g/mol. The van der Waals surface area contributed by atoms with Crippen LogP contribution in [0.4, 0.5) is 0 Å². The van der Waals surface area contributed by atoms with Crippen molar-refractivity contribution in [1.82, 2.24) is 5.32 Å². The van der Waals surface area contributed by atoms with Crippen LogP contribution in [0.5, 0.6) is 0 Å². The summed E-state index contributed by atoms with van der Waals surface area (Å²) in [5, 5.41) is 11.4. The first-order valence-corrected chi connectivity index (χ1v) is 9.12. The minimum atomic E-state index is -0.230. The highest BCUT2D eigenvalue weighted by molar-refractivity contribution is 5.75. The van der Waals surface area contributed by atoms with Gasteiger partial charge in [0.25, 0.3) is 0 Å². The standard InChI is InChI=1S/C18H37NO6/c1-16(2)15-25-18(3,4)6-7-19-17(21)5-9-22-11-13-24-14-12-23-10-8-20/h16,20H,5-15H2,1-4H3,(H,19,21). The van der Waals surface area contributed by atoms with E-state index in [0.717, 1.165) is 13.0 Å². The van der Waals surface area contributed by atoms with Crippen LogP contribution in [0.25, 0.3) is 0 Å². The summed E-state index contributed by atoms with van der Waals surface area (Å²) in [6.07, 6.45) is 1.12. The van der Waals surface area contributed by atoms with Gasteiger partial charge < -0.3 is 29.4 Å². The van der Waals surface area contributed by atoms with Gasteiger partial charge in [0, 0.05) is 19.6 Å². The van der Waals surface area contributed by atoms with Crippen molar-refractivity contribution in [3.05, 3.63) is 0 Å². The normalized spacial score (nSPS) is 11.9. The Bertz CT molecular complexity index is 323. The molecule has 0 fully saturated rings. The number of carbonyl (C=O) groups is 1. The van der Waals surface area contributed by atoms with Crippen LogP contribution in [0, 0.1) is 5.92 Å². The molecule has 0 rings (SSSR count). The first kappa shape index (κ1) is 24.3. The maximum absolute atomic E-state index is 11.7. The Morgan fingerprint density at radius 1 is 1.00 bits per heavy atom. The molecule has 2 N–H and O–H groups in total. The predicted molar refractivity (Wildman–Crippen MR) is 96.7 cm³/mol. The molecule has 0 atom stereocenters. The van der Waals surface area contributed by atoms with Gasteiger partial charge in [-0.05, 0) is 26.2 Å². The molecule has 7 heteroatoms. The van der Waals surface area contributed by atoms with Crippen molar-refractivity contribution in [2.75, 3.05) is 59.4 Å². The van der Waals surface area contributed by atoms with Gasteiger partial charge >= 0.3 is 0 Å². The molecule has 0 aliphatic rings. The highest BCUT2D eigenvalue weighted by atomic mass is 16.5. The van der Waals surface area contributed by atoms with E-state index in [1.54, 1.807) is 0 Å². The zero-order chi connectivity index (χ0) is 19.0. The lowest BCUT2D eigenvalue weighted by Gasteiger charge is -2.26. The molecule has 0 heterocycles. The van der Waals surface area contributed by atoms with Gasteiger partial charge in [-0.3, -0.25) is 4.79 Å². The van der Waals surface area contributed by atoms with Gasteiger partial charge in [-0.2, -0.15) is 0 Å². The second kappa shape index (κ2) is 15.5. The van der Waals surface area contributed by atoms with Crippen LogP contribution in [-0.2, 0) is 23.7 Å². The van der Waals surface area contributed by atoms with Gasteiger partial charge in [-0.1, -0.05) is 13.8 Å². The van der Waals surface area contributed by atoms with Gasteiger partial charge in [0.05, 0.1) is 51.8 Å². The molecule has 0 saturated heterocycles. The molecule has 0 spiro atoms. The van der Waals surface area contributed by atoms with Crippen molar-refractivity contribution in [1.29, 1.82) is 0 Å². The Balaban J connectivity index is 3.44. The number of nitrogens with one attached hydrogen (secondary N) is 1. The maximum Gasteiger partial charge on any atom is 0.222 e. The number of hydrogen-bond donors (Lipinski definition) is 2. The highest BCUT2D eigenvalue weighted by Gasteiger charge is 2.18. The topological polar surface area (TPSA) is 86.3 Å². The molecule has 0 aliphatic carbocycles. The van der Waals surface area contributed by atoms with E-state index in [1.807, 2.05) is 13.8 Å². The molecule has 0 saturated carbocycles. The van der Waals surface area contributed by atoms with E-state index in [0.29, 0.717) is 58.5 Å². The highest BCUT2D eigenvalue weighted by Crippen LogP contribution is 2.15. The zero-order valence-electron chi connectivity index (χ0n) is 16.3. The number of carbonyl (C=O) groups excluding carboxylic acids is 1. The molecule has 0 unspecified atom stereocenters. The fourth-order valence-electron chi connectivity index (χ4n) is 1.83. The number of rotatable bonds is 17. The first-order chi connectivity index (χ1) is 11.9. The number of hydrogen-bond acceptors (Lipinski definition) is 6. The van der Waals surface area contributed by atoms with Gasteiger partial charge in [0.1, 0.15) is 0 Å². The predicted octanol–water partition coefficient (Wildman–Crippen LogP) is 1.38. The Morgan fingerprint density at radius 3 is 2.12 bits per heavy atom. The Labute approximate surface area is 152 Å². The van der Waals surface area contributed by atoms with E-state index in [1.165, 1.54) is 0 Å². The molecule has 0 bridgehead atoms. The van der Waals surface area contributed by atoms with Gasteiger partial charge in [0.2, 0.25) is 5.91 Å². The first-order valence-electron chi connectivity index (χ1n) is 9.12. The van der Waals surface area contributed by atoms with Gasteiger partial charge in [-0.25, -0.2) is 0 Å². The molecule has 150 valence electrons. The summed E-state index contributed by atoms with van der Waals surface area (Å²) in [6.45, 7) is 12.2. The van der Waals surface area contributed by atoms with Crippen LogP contribution in [0.3, 0.4) is 0 Å². The lowest BCUT2D eigenvalue weighted by Crippen LogP contribution is -2.34. The number of ether oxygens (including phenoxy) is 4. The van der Waals surface area contributed by atoms with Crippen molar-refractivity contribution >= 4 is 5.91 Å².